The molecular formula is C10H12Cl2N4. The Morgan fingerprint density at radius 2 is 2.00 bits per heavy atom. The van der Waals surface area contributed by atoms with Crippen LogP contribution in [0.15, 0.2) is 12.1 Å². The molecular weight excluding hydrogens is 247 g/mol. The maximum atomic E-state index is 6.01. The first-order valence-electron chi connectivity index (χ1n) is 5.01. The number of nitrogens with one attached hydrogen (secondary N) is 1. The molecule has 6 heteroatoms. The largest absolute Gasteiger partial charge is 0.382 e. The molecule has 0 saturated heterocycles. The molecule has 0 aromatic carbocycles. The van der Waals surface area contributed by atoms with Crippen molar-refractivity contribution < 1.29 is 0 Å². The number of rotatable bonds is 3. The first-order valence-corrected chi connectivity index (χ1v) is 5.76. The summed E-state index contributed by atoms with van der Waals surface area (Å²) < 4.78 is 1.61. The number of anilines is 1. The van der Waals surface area contributed by atoms with E-state index in [4.69, 9.17) is 28.9 Å². The van der Waals surface area contributed by atoms with E-state index >= 15 is 0 Å². The molecule has 0 saturated carbocycles. The van der Waals surface area contributed by atoms with Gasteiger partial charge in [0, 0.05) is 6.42 Å². The zero-order chi connectivity index (χ0) is 11.7. The van der Waals surface area contributed by atoms with Gasteiger partial charge in [0.25, 0.3) is 0 Å². The van der Waals surface area contributed by atoms with Crippen LogP contribution in [-0.2, 0) is 6.42 Å². The summed E-state index contributed by atoms with van der Waals surface area (Å²) in [4.78, 5) is 7.39. The predicted molar refractivity (Wildman–Crippen MR) is 66.3 cm³/mol. The minimum atomic E-state index is 0.475. The van der Waals surface area contributed by atoms with E-state index in [0.29, 0.717) is 21.9 Å². The number of imidazole rings is 1. The lowest BCUT2D eigenvalue weighted by Gasteiger charge is -2.02. The standard InChI is InChI=1S/C10H12Cl2N4/c1-2-3-8-14-9(13)10(15-8)16-6(11)4-5-7(16)12/h4-5H,2-3,13H2,1H3,(H,14,15). The molecule has 3 N–H and O–H groups in total. The number of H-pyrrole nitrogens is 1. The Bertz CT molecular complexity index is 481. The van der Waals surface area contributed by atoms with Gasteiger partial charge >= 0.3 is 0 Å². The third-order valence-corrected chi connectivity index (χ3v) is 2.83. The number of aromatic nitrogens is 3. The van der Waals surface area contributed by atoms with Gasteiger partial charge in [-0.3, -0.25) is 4.57 Å². The highest BCUT2D eigenvalue weighted by atomic mass is 35.5. The van der Waals surface area contributed by atoms with E-state index in [1.807, 2.05) is 0 Å². The molecule has 86 valence electrons. The summed E-state index contributed by atoms with van der Waals surface area (Å²) in [5, 5.41) is 0.984. The SMILES string of the molecule is CCCc1nc(-n2c(Cl)ccc2Cl)c(N)[nH]1. The Labute approximate surface area is 103 Å². The van der Waals surface area contributed by atoms with E-state index in [9.17, 15) is 0 Å². The summed E-state index contributed by atoms with van der Waals surface area (Å²) in [5.74, 6) is 1.88. The first-order chi connectivity index (χ1) is 7.63. The van der Waals surface area contributed by atoms with Crippen molar-refractivity contribution in [2.75, 3.05) is 5.73 Å². The lowest BCUT2D eigenvalue weighted by atomic mass is 10.3. The molecule has 16 heavy (non-hydrogen) atoms. The van der Waals surface area contributed by atoms with E-state index in [2.05, 4.69) is 16.9 Å². The van der Waals surface area contributed by atoms with Crippen LogP contribution in [0.3, 0.4) is 0 Å². The smallest absolute Gasteiger partial charge is 0.181 e. The molecule has 2 aromatic heterocycles. The van der Waals surface area contributed by atoms with Crippen LogP contribution in [0.2, 0.25) is 10.3 Å². The van der Waals surface area contributed by atoms with Crippen molar-refractivity contribution in [2.45, 2.75) is 19.8 Å². The molecule has 0 unspecified atom stereocenters. The van der Waals surface area contributed by atoms with E-state index in [-0.39, 0.29) is 0 Å². The van der Waals surface area contributed by atoms with Crippen LogP contribution in [0.4, 0.5) is 5.82 Å². The Balaban J connectivity index is 2.48. The number of hydrogen-bond donors (Lipinski definition) is 2. The molecule has 0 amide bonds. The summed E-state index contributed by atoms with van der Waals surface area (Å²) in [6.45, 7) is 2.08. The molecule has 4 nitrogen and oxygen atoms in total. The van der Waals surface area contributed by atoms with Crippen molar-refractivity contribution >= 4 is 29.0 Å². The maximum absolute atomic E-state index is 6.01. The van der Waals surface area contributed by atoms with Crippen LogP contribution in [0.1, 0.15) is 19.2 Å². The fourth-order valence-corrected chi connectivity index (χ4v) is 2.06. The monoisotopic (exact) mass is 258 g/mol. The number of hydrogen-bond acceptors (Lipinski definition) is 2. The Morgan fingerprint density at radius 3 is 2.56 bits per heavy atom. The molecule has 2 heterocycles. The van der Waals surface area contributed by atoms with Crippen LogP contribution in [-0.4, -0.2) is 14.5 Å². The number of nitrogens with two attached hydrogens (primary N) is 1. The molecule has 0 aliphatic carbocycles. The molecule has 0 bridgehead atoms. The maximum Gasteiger partial charge on any atom is 0.181 e. The lowest BCUT2D eigenvalue weighted by Crippen LogP contribution is -1.99. The fourth-order valence-electron chi connectivity index (χ4n) is 1.54. The normalized spacial score (nSPS) is 10.9. The van der Waals surface area contributed by atoms with E-state index in [1.54, 1.807) is 16.7 Å². The van der Waals surface area contributed by atoms with Gasteiger partial charge in [0.1, 0.15) is 21.9 Å². The van der Waals surface area contributed by atoms with Crippen molar-refractivity contribution in [1.82, 2.24) is 14.5 Å². The molecule has 0 atom stereocenters. The molecule has 2 rings (SSSR count). The molecule has 2 aromatic rings. The van der Waals surface area contributed by atoms with Crippen molar-refractivity contribution in [3.8, 4) is 5.82 Å². The minimum absolute atomic E-state index is 0.475. The Kier molecular flexibility index (Phi) is 3.12. The number of aromatic amines is 1. The van der Waals surface area contributed by atoms with Crippen LogP contribution >= 0.6 is 23.2 Å². The van der Waals surface area contributed by atoms with E-state index in [0.717, 1.165) is 18.7 Å². The summed E-state index contributed by atoms with van der Waals surface area (Å²) in [6, 6.07) is 3.41. The van der Waals surface area contributed by atoms with E-state index < -0.39 is 0 Å². The molecule has 0 radical (unpaired) electrons. The molecule has 0 fully saturated rings. The molecule has 0 aliphatic heterocycles. The van der Waals surface area contributed by atoms with Gasteiger partial charge in [-0.2, -0.15) is 0 Å². The van der Waals surface area contributed by atoms with Gasteiger partial charge in [-0.1, -0.05) is 30.1 Å². The number of nitrogens with zero attached hydrogens (tertiary/aromatic N) is 2. The quantitative estimate of drug-likeness (QED) is 0.889. The van der Waals surface area contributed by atoms with E-state index in [1.165, 1.54) is 0 Å². The third kappa shape index (κ3) is 1.90. The second-order valence-corrected chi connectivity index (χ2v) is 4.26. The number of aryl methyl sites for hydroxylation is 1. The van der Waals surface area contributed by atoms with Crippen molar-refractivity contribution in [3.63, 3.8) is 0 Å². The number of nitrogen functional groups attached to an aromatic ring is 1. The number of halogens is 2. The lowest BCUT2D eigenvalue weighted by molar-refractivity contribution is 0.851. The molecule has 0 aliphatic rings. The minimum Gasteiger partial charge on any atom is -0.382 e. The second-order valence-electron chi connectivity index (χ2n) is 3.48. The van der Waals surface area contributed by atoms with Gasteiger partial charge in [-0.25, -0.2) is 4.98 Å². The summed E-state index contributed by atoms with van der Waals surface area (Å²) >= 11 is 12.0. The topological polar surface area (TPSA) is 59.6 Å². The van der Waals surface area contributed by atoms with Gasteiger partial charge in [0.15, 0.2) is 5.82 Å². The van der Waals surface area contributed by atoms with Gasteiger partial charge in [-0.05, 0) is 18.6 Å². The zero-order valence-electron chi connectivity index (χ0n) is 8.80. The highest BCUT2D eigenvalue weighted by molar-refractivity contribution is 6.34. The van der Waals surface area contributed by atoms with Gasteiger partial charge in [0.2, 0.25) is 0 Å². The summed E-state index contributed by atoms with van der Waals surface area (Å²) in [6.07, 6.45) is 1.85. The average molecular weight is 259 g/mol. The van der Waals surface area contributed by atoms with Gasteiger partial charge in [-0.15, -0.1) is 0 Å². The zero-order valence-corrected chi connectivity index (χ0v) is 10.3. The van der Waals surface area contributed by atoms with Crippen molar-refractivity contribution in [3.05, 3.63) is 28.3 Å². The predicted octanol–water partition coefficient (Wildman–Crippen LogP) is 3.04. The van der Waals surface area contributed by atoms with Crippen LogP contribution in [0, 0.1) is 0 Å². The first kappa shape index (κ1) is 11.4. The van der Waals surface area contributed by atoms with Crippen LogP contribution in [0.25, 0.3) is 5.82 Å². The average Bonchev–Trinajstić information content (AvgIpc) is 2.72. The van der Waals surface area contributed by atoms with Gasteiger partial charge < -0.3 is 10.7 Å². The Hall–Kier alpha value is -1.13. The highest BCUT2D eigenvalue weighted by Crippen LogP contribution is 2.26. The Morgan fingerprint density at radius 1 is 1.38 bits per heavy atom. The van der Waals surface area contributed by atoms with Crippen LogP contribution < -0.4 is 5.73 Å². The van der Waals surface area contributed by atoms with Crippen molar-refractivity contribution in [1.29, 1.82) is 0 Å². The van der Waals surface area contributed by atoms with Crippen LogP contribution in [0.5, 0.6) is 0 Å². The second kappa shape index (κ2) is 4.39. The van der Waals surface area contributed by atoms with Crippen molar-refractivity contribution in [2.24, 2.45) is 0 Å². The third-order valence-electron chi connectivity index (χ3n) is 2.24. The summed E-state index contributed by atoms with van der Waals surface area (Å²) in [7, 11) is 0. The van der Waals surface area contributed by atoms with Gasteiger partial charge in [0.05, 0.1) is 0 Å². The fraction of sp³-hybridized carbons (Fsp3) is 0.300. The highest BCUT2D eigenvalue weighted by Gasteiger charge is 2.14. The molecule has 0 spiro atoms. The summed E-state index contributed by atoms with van der Waals surface area (Å²) in [5.41, 5.74) is 5.84.